The van der Waals surface area contributed by atoms with Gasteiger partial charge in [0, 0.05) is 31.1 Å². The second-order valence-corrected chi connectivity index (χ2v) is 8.58. The number of methoxy groups -OCH3 is 2. The number of hydrogen-bond acceptors (Lipinski definition) is 4. The van der Waals surface area contributed by atoms with Crippen molar-refractivity contribution in [2.24, 2.45) is 11.8 Å². The van der Waals surface area contributed by atoms with Crippen molar-refractivity contribution in [3.05, 3.63) is 58.6 Å². The summed E-state index contributed by atoms with van der Waals surface area (Å²) >= 11 is 6.27. The summed E-state index contributed by atoms with van der Waals surface area (Å²) in [6.07, 6.45) is 2.32. The van der Waals surface area contributed by atoms with E-state index in [0.717, 1.165) is 18.4 Å². The molecule has 2 aromatic carbocycles. The third-order valence-corrected chi connectivity index (χ3v) is 6.47. The van der Waals surface area contributed by atoms with Crippen molar-refractivity contribution < 1.29 is 19.1 Å². The fraction of sp³-hybridized carbons (Fsp3) is 0.417. The molecule has 0 aromatic heterocycles. The third kappa shape index (κ3) is 4.49. The van der Waals surface area contributed by atoms with Crippen LogP contribution in [0, 0.1) is 11.8 Å². The van der Waals surface area contributed by atoms with E-state index in [0.29, 0.717) is 47.6 Å². The minimum atomic E-state index is -0.383. The van der Waals surface area contributed by atoms with Gasteiger partial charge in [0.25, 0.3) is 5.91 Å². The van der Waals surface area contributed by atoms with Crippen molar-refractivity contribution in [1.29, 1.82) is 0 Å². The first-order valence-corrected chi connectivity index (χ1v) is 10.9. The monoisotopic (exact) mass is 442 g/mol. The molecule has 164 valence electrons. The Balaban J connectivity index is 1.64. The molecule has 1 N–H and O–H groups in total. The molecule has 4 rings (SSSR count). The molecule has 2 aliphatic rings. The molecule has 1 heterocycles. The molecular formula is C24H27ClN2O4. The summed E-state index contributed by atoms with van der Waals surface area (Å²) in [6, 6.07) is 12.6. The Hall–Kier alpha value is -2.73. The number of para-hydroxylation sites is 1. The van der Waals surface area contributed by atoms with Gasteiger partial charge in [-0.25, -0.2) is 0 Å². The predicted octanol–water partition coefficient (Wildman–Crippen LogP) is 3.74. The van der Waals surface area contributed by atoms with Crippen molar-refractivity contribution in [2.75, 3.05) is 33.9 Å². The Morgan fingerprint density at radius 3 is 2.52 bits per heavy atom. The summed E-state index contributed by atoms with van der Waals surface area (Å²) in [4.78, 5) is 28.1. The number of amides is 2. The molecule has 31 heavy (non-hydrogen) atoms. The normalized spacial score (nSPS) is 20.4. The largest absolute Gasteiger partial charge is 0.493 e. The van der Waals surface area contributed by atoms with Gasteiger partial charge in [0.1, 0.15) is 0 Å². The van der Waals surface area contributed by atoms with Gasteiger partial charge in [-0.15, -0.1) is 0 Å². The maximum atomic E-state index is 13.2. The molecule has 2 atom stereocenters. The van der Waals surface area contributed by atoms with Crippen molar-refractivity contribution in [2.45, 2.75) is 18.8 Å². The summed E-state index contributed by atoms with van der Waals surface area (Å²) < 4.78 is 11.1. The minimum absolute atomic E-state index is 0.0313. The summed E-state index contributed by atoms with van der Waals surface area (Å²) in [5.74, 6) is 0.985. The molecule has 0 radical (unpaired) electrons. The average molecular weight is 443 g/mol. The second-order valence-electron chi connectivity index (χ2n) is 8.17. The summed E-state index contributed by atoms with van der Waals surface area (Å²) in [5.41, 5.74) is 1.31. The molecule has 1 saturated carbocycles. The van der Waals surface area contributed by atoms with Crippen LogP contribution in [0.2, 0.25) is 5.02 Å². The Bertz CT molecular complexity index is 976. The highest BCUT2D eigenvalue weighted by Gasteiger charge is 2.42. The van der Waals surface area contributed by atoms with Crippen LogP contribution >= 0.6 is 11.6 Å². The molecule has 2 amide bonds. The summed E-state index contributed by atoms with van der Waals surface area (Å²) in [7, 11) is 3.18. The first-order valence-electron chi connectivity index (χ1n) is 10.6. The van der Waals surface area contributed by atoms with Crippen molar-refractivity contribution >= 4 is 23.4 Å². The van der Waals surface area contributed by atoms with Crippen LogP contribution in [0.5, 0.6) is 11.5 Å². The second kappa shape index (κ2) is 9.18. The first kappa shape index (κ1) is 21.5. The van der Waals surface area contributed by atoms with Gasteiger partial charge in [-0.1, -0.05) is 35.9 Å². The first-order chi connectivity index (χ1) is 15.0. The molecule has 2 aromatic rings. The lowest BCUT2D eigenvalue weighted by Crippen LogP contribution is -2.36. The standard InChI is InChI=1S/C24H27ClN2O4/c1-30-21-9-5-7-16(22(21)31-2)18-13-27(24(29)17-6-3-4-8-20(17)25)14-19(18)23(28)26-12-15-10-11-15/h3-9,15,18-19H,10-14H2,1-2H3,(H,26,28)/t18-,19-/m0/s1. The van der Waals surface area contributed by atoms with Gasteiger partial charge in [-0.3, -0.25) is 9.59 Å². The Labute approximate surface area is 187 Å². The molecule has 7 heteroatoms. The van der Waals surface area contributed by atoms with E-state index in [4.69, 9.17) is 21.1 Å². The van der Waals surface area contributed by atoms with Crippen LogP contribution in [0.15, 0.2) is 42.5 Å². The number of halogens is 1. The molecule has 2 fully saturated rings. The summed E-state index contributed by atoms with van der Waals surface area (Å²) in [6.45, 7) is 1.41. The molecule has 1 aliphatic heterocycles. The molecule has 1 aliphatic carbocycles. The van der Waals surface area contributed by atoms with Gasteiger partial charge in [-0.2, -0.15) is 0 Å². The fourth-order valence-corrected chi connectivity index (χ4v) is 4.47. The van der Waals surface area contributed by atoms with Gasteiger partial charge < -0.3 is 19.7 Å². The van der Waals surface area contributed by atoms with E-state index in [1.54, 1.807) is 43.4 Å². The number of carbonyl (C=O) groups is 2. The smallest absolute Gasteiger partial charge is 0.255 e. The summed E-state index contributed by atoms with van der Waals surface area (Å²) in [5, 5.41) is 3.50. The zero-order valence-electron chi connectivity index (χ0n) is 17.8. The number of benzene rings is 2. The molecule has 0 bridgehead atoms. The third-order valence-electron chi connectivity index (χ3n) is 6.14. The number of nitrogens with zero attached hydrogens (tertiary/aromatic N) is 1. The zero-order chi connectivity index (χ0) is 22.0. The Morgan fingerprint density at radius 2 is 1.84 bits per heavy atom. The van der Waals surface area contributed by atoms with Crippen LogP contribution < -0.4 is 14.8 Å². The Morgan fingerprint density at radius 1 is 1.06 bits per heavy atom. The lowest BCUT2D eigenvalue weighted by atomic mass is 9.87. The minimum Gasteiger partial charge on any atom is -0.493 e. The van der Waals surface area contributed by atoms with E-state index >= 15 is 0 Å². The van der Waals surface area contributed by atoms with Crippen LogP contribution in [0.1, 0.15) is 34.7 Å². The quantitative estimate of drug-likeness (QED) is 0.709. The maximum Gasteiger partial charge on any atom is 0.255 e. The van der Waals surface area contributed by atoms with Crippen molar-refractivity contribution in [3.63, 3.8) is 0 Å². The average Bonchev–Trinajstić information content (AvgIpc) is 3.52. The molecule has 0 spiro atoms. The van der Waals surface area contributed by atoms with Gasteiger partial charge in [0.15, 0.2) is 11.5 Å². The van der Waals surface area contributed by atoms with Gasteiger partial charge in [0.05, 0.1) is 30.7 Å². The van der Waals surface area contributed by atoms with Crippen molar-refractivity contribution in [1.82, 2.24) is 10.2 Å². The number of nitrogens with one attached hydrogen (secondary N) is 1. The highest BCUT2D eigenvalue weighted by molar-refractivity contribution is 6.33. The van der Waals surface area contributed by atoms with Crippen LogP contribution in [-0.2, 0) is 4.79 Å². The highest BCUT2D eigenvalue weighted by Crippen LogP contribution is 2.42. The topological polar surface area (TPSA) is 67.9 Å². The van der Waals surface area contributed by atoms with Gasteiger partial charge >= 0.3 is 0 Å². The van der Waals surface area contributed by atoms with Crippen LogP contribution in [0.4, 0.5) is 0 Å². The maximum absolute atomic E-state index is 13.2. The fourth-order valence-electron chi connectivity index (χ4n) is 4.26. The number of carbonyl (C=O) groups excluding carboxylic acids is 2. The van der Waals surface area contributed by atoms with Crippen LogP contribution in [-0.4, -0.2) is 50.6 Å². The number of hydrogen-bond donors (Lipinski definition) is 1. The van der Waals surface area contributed by atoms with Gasteiger partial charge in [-0.05, 0) is 37.0 Å². The predicted molar refractivity (Wildman–Crippen MR) is 119 cm³/mol. The van der Waals surface area contributed by atoms with Crippen molar-refractivity contribution in [3.8, 4) is 11.5 Å². The highest BCUT2D eigenvalue weighted by atomic mass is 35.5. The van der Waals surface area contributed by atoms with Crippen LogP contribution in [0.25, 0.3) is 0 Å². The molecular weight excluding hydrogens is 416 g/mol. The number of ether oxygens (including phenoxy) is 2. The van der Waals surface area contributed by atoms with E-state index in [1.165, 1.54) is 0 Å². The van der Waals surface area contributed by atoms with E-state index in [1.807, 2.05) is 18.2 Å². The molecule has 0 unspecified atom stereocenters. The van der Waals surface area contributed by atoms with Crippen LogP contribution in [0.3, 0.4) is 0 Å². The van der Waals surface area contributed by atoms with Gasteiger partial charge in [0.2, 0.25) is 5.91 Å². The Kier molecular flexibility index (Phi) is 6.37. The van der Waals surface area contributed by atoms with E-state index in [-0.39, 0.29) is 23.7 Å². The lowest BCUT2D eigenvalue weighted by molar-refractivity contribution is -0.125. The van der Waals surface area contributed by atoms with E-state index < -0.39 is 0 Å². The SMILES string of the molecule is COc1cccc([C@@H]2CN(C(=O)c3ccccc3Cl)C[C@@H]2C(=O)NCC2CC2)c1OC. The molecule has 6 nitrogen and oxygen atoms in total. The zero-order valence-corrected chi connectivity index (χ0v) is 18.5. The molecule has 1 saturated heterocycles. The number of likely N-dealkylation sites (tertiary alicyclic amines) is 1. The number of rotatable bonds is 7. The van der Waals surface area contributed by atoms with E-state index in [2.05, 4.69) is 5.32 Å². The lowest BCUT2D eigenvalue weighted by Gasteiger charge is -2.21. The van der Waals surface area contributed by atoms with E-state index in [9.17, 15) is 9.59 Å².